The summed E-state index contributed by atoms with van der Waals surface area (Å²) in [6.07, 6.45) is 8.91. The molecule has 2 heterocycles. The van der Waals surface area contributed by atoms with Gasteiger partial charge >= 0.3 is 0 Å². The Labute approximate surface area is 174 Å². The van der Waals surface area contributed by atoms with Crippen LogP contribution in [0.15, 0.2) is 34.7 Å². The van der Waals surface area contributed by atoms with Crippen molar-refractivity contribution in [2.75, 3.05) is 26.2 Å². The zero-order valence-electron chi connectivity index (χ0n) is 17.6. The Morgan fingerprint density at radius 3 is 2.48 bits per heavy atom. The molecule has 1 amide bonds. The van der Waals surface area contributed by atoms with E-state index in [2.05, 4.69) is 11.8 Å². The highest BCUT2D eigenvalue weighted by Gasteiger charge is 2.28. The van der Waals surface area contributed by atoms with Crippen LogP contribution in [0.25, 0.3) is 11.5 Å². The molecule has 0 unspecified atom stereocenters. The first-order valence-electron chi connectivity index (χ1n) is 11.3. The Morgan fingerprint density at radius 2 is 1.79 bits per heavy atom. The van der Waals surface area contributed by atoms with E-state index in [1.54, 1.807) is 0 Å². The number of oxazole rings is 1. The Morgan fingerprint density at radius 1 is 1.07 bits per heavy atom. The molecule has 5 nitrogen and oxygen atoms in total. The lowest BCUT2D eigenvalue weighted by Crippen LogP contribution is -2.52. The first-order valence-corrected chi connectivity index (χ1v) is 11.3. The van der Waals surface area contributed by atoms with Gasteiger partial charge in [0.2, 0.25) is 11.8 Å². The van der Waals surface area contributed by atoms with Gasteiger partial charge in [-0.2, -0.15) is 0 Å². The molecule has 2 fully saturated rings. The highest BCUT2D eigenvalue weighted by atomic mass is 16.4. The molecular formula is C24H33N3O2. The number of nitrogens with zero attached hydrogens (tertiary/aromatic N) is 3. The van der Waals surface area contributed by atoms with Gasteiger partial charge in [-0.25, -0.2) is 4.98 Å². The maximum Gasteiger partial charge on any atom is 0.230 e. The average molecular weight is 396 g/mol. The third-order valence-corrected chi connectivity index (χ3v) is 6.36. The molecule has 0 N–H and O–H groups in total. The van der Waals surface area contributed by atoms with Crippen molar-refractivity contribution in [3.05, 3.63) is 41.8 Å². The van der Waals surface area contributed by atoms with E-state index >= 15 is 0 Å². The van der Waals surface area contributed by atoms with Crippen molar-refractivity contribution in [2.24, 2.45) is 0 Å². The van der Waals surface area contributed by atoms with Gasteiger partial charge in [-0.3, -0.25) is 9.69 Å². The Kier molecular flexibility index (Phi) is 6.65. The van der Waals surface area contributed by atoms with Crippen LogP contribution in [0.2, 0.25) is 0 Å². The quantitative estimate of drug-likeness (QED) is 0.731. The van der Waals surface area contributed by atoms with E-state index < -0.39 is 0 Å². The monoisotopic (exact) mass is 395 g/mol. The number of aryl methyl sites for hydroxylation is 1. The number of carbonyl (C=O) groups excluding carboxylic acids is 1. The summed E-state index contributed by atoms with van der Waals surface area (Å²) in [7, 11) is 0. The summed E-state index contributed by atoms with van der Waals surface area (Å²) in [6.45, 7) is 5.80. The lowest BCUT2D eigenvalue weighted by Gasteiger charge is -2.40. The fraction of sp³-hybridized carbons (Fsp3) is 0.583. The molecule has 0 bridgehead atoms. The number of amides is 1. The highest BCUT2D eigenvalue weighted by molar-refractivity contribution is 5.78. The van der Waals surface area contributed by atoms with Gasteiger partial charge in [-0.15, -0.1) is 0 Å². The molecule has 156 valence electrons. The van der Waals surface area contributed by atoms with Gasteiger partial charge in [0.05, 0.1) is 12.1 Å². The molecule has 1 aliphatic carbocycles. The Balaban J connectivity index is 1.38. The highest BCUT2D eigenvalue weighted by Crippen LogP contribution is 2.25. The topological polar surface area (TPSA) is 49.6 Å². The van der Waals surface area contributed by atoms with E-state index in [-0.39, 0.29) is 5.91 Å². The minimum atomic E-state index is 0.168. The van der Waals surface area contributed by atoms with Gasteiger partial charge in [-0.1, -0.05) is 50.8 Å². The maximum absolute atomic E-state index is 13.0. The fourth-order valence-electron chi connectivity index (χ4n) is 4.69. The summed E-state index contributed by atoms with van der Waals surface area (Å²) in [5.74, 6) is 1.53. The van der Waals surface area contributed by atoms with Gasteiger partial charge < -0.3 is 9.32 Å². The predicted molar refractivity (Wildman–Crippen MR) is 115 cm³/mol. The summed E-state index contributed by atoms with van der Waals surface area (Å²) < 4.78 is 6.06. The second kappa shape index (κ2) is 9.57. The minimum Gasteiger partial charge on any atom is -0.440 e. The summed E-state index contributed by atoms with van der Waals surface area (Å²) in [5.41, 5.74) is 1.89. The van der Waals surface area contributed by atoms with Gasteiger partial charge in [0.15, 0.2) is 0 Å². The van der Waals surface area contributed by atoms with Crippen LogP contribution >= 0.6 is 0 Å². The number of aromatic nitrogens is 1. The minimum absolute atomic E-state index is 0.168. The number of hydrogen-bond acceptors (Lipinski definition) is 4. The van der Waals surface area contributed by atoms with Gasteiger partial charge in [0, 0.05) is 37.8 Å². The van der Waals surface area contributed by atoms with E-state index in [9.17, 15) is 4.79 Å². The summed E-state index contributed by atoms with van der Waals surface area (Å²) >= 11 is 0. The van der Waals surface area contributed by atoms with Crippen LogP contribution in [0.5, 0.6) is 0 Å². The molecule has 0 spiro atoms. The third-order valence-electron chi connectivity index (χ3n) is 6.36. The smallest absolute Gasteiger partial charge is 0.230 e. The molecule has 1 saturated heterocycles. The van der Waals surface area contributed by atoms with Crippen molar-refractivity contribution in [3.63, 3.8) is 0 Å². The molecule has 4 rings (SSSR count). The van der Waals surface area contributed by atoms with Crippen molar-refractivity contribution < 1.29 is 9.21 Å². The number of hydrogen-bond donors (Lipinski definition) is 0. The second-order valence-electron chi connectivity index (χ2n) is 8.39. The number of piperazine rings is 1. The van der Waals surface area contributed by atoms with Gasteiger partial charge in [0.25, 0.3) is 0 Å². The molecule has 1 aliphatic heterocycles. The van der Waals surface area contributed by atoms with Crippen molar-refractivity contribution >= 4 is 5.91 Å². The van der Waals surface area contributed by atoms with Crippen molar-refractivity contribution in [3.8, 4) is 11.5 Å². The van der Waals surface area contributed by atoms with Crippen molar-refractivity contribution in [1.82, 2.24) is 14.8 Å². The van der Waals surface area contributed by atoms with E-state index in [0.29, 0.717) is 12.3 Å². The molecule has 2 aromatic rings. The molecule has 1 aromatic carbocycles. The van der Waals surface area contributed by atoms with Crippen LogP contribution in [0.3, 0.4) is 0 Å². The average Bonchev–Trinajstić information content (AvgIpc) is 3.18. The SMILES string of the molecule is CCCc1nc(-c2ccccc2)oc1CC(=O)N1CCN(C2CCCCC2)CC1. The third kappa shape index (κ3) is 4.89. The van der Waals surface area contributed by atoms with Gasteiger partial charge in [-0.05, 0) is 31.4 Å². The lowest BCUT2D eigenvalue weighted by atomic mass is 9.94. The molecule has 1 saturated carbocycles. The Bertz CT molecular complexity index is 788. The number of carbonyl (C=O) groups is 1. The molecule has 5 heteroatoms. The lowest BCUT2D eigenvalue weighted by molar-refractivity contribution is -0.132. The molecule has 0 radical (unpaired) electrons. The fourth-order valence-corrected chi connectivity index (χ4v) is 4.69. The summed E-state index contributed by atoms with van der Waals surface area (Å²) in [6, 6.07) is 10.7. The van der Waals surface area contributed by atoms with Crippen LogP contribution in [0.1, 0.15) is 56.9 Å². The van der Waals surface area contributed by atoms with Crippen LogP contribution in [0.4, 0.5) is 0 Å². The van der Waals surface area contributed by atoms with Crippen LogP contribution in [0, 0.1) is 0 Å². The second-order valence-corrected chi connectivity index (χ2v) is 8.39. The molecule has 1 aromatic heterocycles. The summed E-state index contributed by atoms with van der Waals surface area (Å²) in [4.78, 5) is 22.3. The van der Waals surface area contributed by atoms with Gasteiger partial charge in [0.1, 0.15) is 5.76 Å². The maximum atomic E-state index is 13.0. The number of rotatable bonds is 6. The molecule has 29 heavy (non-hydrogen) atoms. The Hall–Kier alpha value is -2.14. The zero-order chi connectivity index (χ0) is 20.1. The van der Waals surface area contributed by atoms with Crippen molar-refractivity contribution in [2.45, 2.75) is 64.3 Å². The van der Waals surface area contributed by atoms with Crippen LogP contribution in [-0.4, -0.2) is 52.9 Å². The standard InChI is InChI=1S/C24H33N3O2/c1-2-9-21-22(29-24(25-21)19-10-5-3-6-11-19)18-23(28)27-16-14-26(15-17-27)20-12-7-4-8-13-20/h3,5-6,10-11,20H,2,4,7-9,12-18H2,1H3. The molecule has 0 atom stereocenters. The van der Waals surface area contributed by atoms with E-state index in [0.717, 1.165) is 62.1 Å². The van der Waals surface area contributed by atoms with E-state index in [4.69, 9.17) is 9.40 Å². The largest absolute Gasteiger partial charge is 0.440 e. The van der Waals surface area contributed by atoms with E-state index in [1.807, 2.05) is 35.2 Å². The molecular weight excluding hydrogens is 362 g/mol. The first-order chi connectivity index (χ1) is 14.2. The van der Waals surface area contributed by atoms with Crippen LogP contribution in [-0.2, 0) is 17.6 Å². The first kappa shape index (κ1) is 20.1. The predicted octanol–water partition coefficient (Wildman–Crippen LogP) is 4.31. The van der Waals surface area contributed by atoms with E-state index in [1.165, 1.54) is 32.1 Å². The number of benzene rings is 1. The zero-order valence-corrected chi connectivity index (χ0v) is 17.6. The summed E-state index contributed by atoms with van der Waals surface area (Å²) in [5, 5.41) is 0. The van der Waals surface area contributed by atoms with Crippen molar-refractivity contribution in [1.29, 1.82) is 0 Å². The molecule has 2 aliphatic rings. The van der Waals surface area contributed by atoms with Crippen LogP contribution < -0.4 is 0 Å². The normalized spacial score (nSPS) is 18.9.